The molecule has 2 rings (SSSR count). The maximum absolute atomic E-state index is 12.2. The van der Waals surface area contributed by atoms with Crippen LogP contribution in [0, 0.1) is 24.2 Å². The van der Waals surface area contributed by atoms with Gasteiger partial charge in [-0.05, 0) is 12.3 Å². The molecule has 0 aromatic heterocycles. The second kappa shape index (κ2) is 6.25. The van der Waals surface area contributed by atoms with Gasteiger partial charge in [0.2, 0.25) is 5.91 Å². The third-order valence-corrected chi connectivity index (χ3v) is 4.37. The highest BCUT2D eigenvalue weighted by atomic mass is 16.4. The van der Waals surface area contributed by atoms with E-state index in [1.807, 2.05) is 6.92 Å². The Morgan fingerprint density at radius 1 is 1.43 bits per heavy atom. The van der Waals surface area contributed by atoms with Crippen LogP contribution in [0.5, 0.6) is 0 Å². The monoisotopic (exact) mass is 291 g/mol. The summed E-state index contributed by atoms with van der Waals surface area (Å²) in [7, 11) is 0. The van der Waals surface area contributed by atoms with Gasteiger partial charge in [-0.3, -0.25) is 9.59 Å². The van der Waals surface area contributed by atoms with Crippen molar-refractivity contribution in [1.29, 1.82) is 0 Å². The second-order valence-corrected chi connectivity index (χ2v) is 5.94. The molecule has 0 saturated carbocycles. The number of rotatable bonds is 6. The van der Waals surface area contributed by atoms with Crippen LogP contribution < -0.4 is 0 Å². The minimum atomic E-state index is -0.765. The fourth-order valence-electron chi connectivity index (χ4n) is 2.87. The number of terminal acetylenes is 1. The number of aliphatic carboxylic acids is 1. The SMILES string of the molecule is C#CCCC1(CCC(=O)N2CC[C@H](C(=O)O)[C@H](C)C2)N=N1. The summed E-state index contributed by atoms with van der Waals surface area (Å²) in [5.74, 6) is 1.51. The van der Waals surface area contributed by atoms with E-state index in [9.17, 15) is 9.59 Å². The Kier molecular flexibility index (Phi) is 4.61. The van der Waals surface area contributed by atoms with Gasteiger partial charge in [0.05, 0.1) is 5.92 Å². The zero-order chi connectivity index (χ0) is 15.5. The number of amides is 1. The van der Waals surface area contributed by atoms with Gasteiger partial charge < -0.3 is 10.0 Å². The van der Waals surface area contributed by atoms with E-state index in [2.05, 4.69) is 16.1 Å². The summed E-state index contributed by atoms with van der Waals surface area (Å²) in [6.07, 6.45) is 8.06. The first-order chi connectivity index (χ1) is 9.97. The predicted molar refractivity (Wildman–Crippen MR) is 76.4 cm³/mol. The van der Waals surface area contributed by atoms with Crippen molar-refractivity contribution in [3.05, 3.63) is 0 Å². The molecule has 1 amide bonds. The lowest BCUT2D eigenvalue weighted by Gasteiger charge is -2.35. The Morgan fingerprint density at radius 3 is 2.67 bits per heavy atom. The number of carboxylic acid groups (broad SMARTS) is 1. The third kappa shape index (κ3) is 3.81. The van der Waals surface area contributed by atoms with E-state index >= 15 is 0 Å². The van der Waals surface area contributed by atoms with Gasteiger partial charge in [0.25, 0.3) is 0 Å². The van der Waals surface area contributed by atoms with Crippen LogP contribution in [0.2, 0.25) is 0 Å². The van der Waals surface area contributed by atoms with Gasteiger partial charge in [-0.15, -0.1) is 12.3 Å². The number of carbonyl (C=O) groups excluding carboxylic acids is 1. The van der Waals surface area contributed by atoms with E-state index in [1.165, 1.54) is 0 Å². The van der Waals surface area contributed by atoms with Gasteiger partial charge in [-0.2, -0.15) is 10.2 Å². The van der Waals surface area contributed by atoms with Crippen LogP contribution in [-0.4, -0.2) is 40.6 Å². The summed E-state index contributed by atoms with van der Waals surface area (Å²) in [4.78, 5) is 25.1. The number of piperidine rings is 1. The fraction of sp³-hybridized carbons (Fsp3) is 0.733. The number of carboxylic acids is 1. The molecule has 2 aliphatic rings. The van der Waals surface area contributed by atoms with Crippen molar-refractivity contribution in [2.45, 2.75) is 44.7 Å². The molecule has 0 unspecified atom stereocenters. The molecular formula is C15H21N3O3. The van der Waals surface area contributed by atoms with E-state index in [0.29, 0.717) is 45.2 Å². The fourth-order valence-corrected chi connectivity index (χ4v) is 2.87. The van der Waals surface area contributed by atoms with Crippen LogP contribution in [0.3, 0.4) is 0 Å². The first-order valence-corrected chi connectivity index (χ1v) is 7.35. The zero-order valence-electron chi connectivity index (χ0n) is 12.3. The van der Waals surface area contributed by atoms with Gasteiger partial charge in [-0.1, -0.05) is 6.92 Å². The number of hydrogen-bond acceptors (Lipinski definition) is 4. The van der Waals surface area contributed by atoms with Crippen LogP contribution in [0.25, 0.3) is 0 Å². The minimum absolute atomic E-state index is 0.00843. The molecule has 1 saturated heterocycles. The molecule has 21 heavy (non-hydrogen) atoms. The molecule has 6 nitrogen and oxygen atoms in total. The normalized spacial score (nSPS) is 26.2. The number of likely N-dealkylation sites (tertiary alicyclic amines) is 1. The lowest BCUT2D eigenvalue weighted by molar-refractivity contribution is -0.148. The lowest BCUT2D eigenvalue weighted by Crippen LogP contribution is -2.45. The second-order valence-electron chi connectivity index (χ2n) is 5.94. The van der Waals surface area contributed by atoms with Gasteiger partial charge in [0.1, 0.15) is 0 Å². The molecule has 114 valence electrons. The average molecular weight is 291 g/mol. The van der Waals surface area contributed by atoms with Crippen LogP contribution >= 0.6 is 0 Å². The summed E-state index contributed by atoms with van der Waals surface area (Å²) in [6, 6.07) is 0. The number of nitrogens with zero attached hydrogens (tertiary/aromatic N) is 3. The first kappa shape index (κ1) is 15.5. The molecule has 2 atom stereocenters. The summed E-state index contributed by atoms with van der Waals surface area (Å²) in [6.45, 7) is 2.92. The quantitative estimate of drug-likeness (QED) is 0.759. The van der Waals surface area contributed by atoms with Gasteiger partial charge >= 0.3 is 5.97 Å². The zero-order valence-corrected chi connectivity index (χ0v) is 12.3. The largest absolute Gasteiger partial charge is 0.481 e. The molecule has 1 fully saturated rings. The predicted octanol–water partition coefficient (Wildman–Crippen LogP) is 1.91. The van der Waals surface area contributed by atoms with Crippen LogP contribution in [0.4, 0.5) is 0 Å². The minimum Gasteiger partial charge on any atom is -0.481 e. The van der Waals surface area contributed by atoms with Crippen LogP contribution in [0.1, 0.15) is 39.0 Å². The maximum atomic E-state index is 12.2. The molecule has 0 aliphatic carbocycles. The first-order valence-electron chi connectivity index (χ1n) is 7.35. The lowest BCUT2D eigenvalue weighted by atomic mass is 9.87. The average Bonchev–Trinajstić information content (AvgIpc) is 3.22. The topological polar surface area (TPSA) is 82.3 Å². The van der Waals surface area contributed by atoms with Gasteiger partial charge in [-0.25, -0.2) is 0 Å². The van der Waals surface area contributed by atoms with Crippen molar-refractivity contribution in [1.82, 2.24) is 4.90 Å². The van der Waals surface area contributed by atoms with E-state index in [1.54, 1.807) is 4.90 Å². The van der Waals surface area contributed by atoms with Crippen molar-refractivity contribution in [3.63, 3.8) is 0 Å². The van der Waals surface area contributed by atoms with Crippen molar-refractivity contribution in [2.75, 3.05) is 13.1 Å². The van der Waals surface area contributed by atoms with Crippen molar-refractivity contribution >= 4 is 11.9 Å². The van der Waals surface area contributed by atoms with E-state index in [-0.39, 0.29) is 17.7 Å². The summed E-state index contributed by atoms with van der Waals surface area (Å²) >= 11 is 0. The van der Waals surface area contributed by atoms with E-state index in [4.69, 9.17) is 11.5 Å². The van der Waals surface area contributed by atoms with Crippen molar-refractivity contribution in [2.24, 2.45) is 22.1 Å². The molecule has 2 heterocycles. The highest BCUT2D eigenvalue weighted by molar-refractivity contribution is 5.77. The van der Waals surface area contributed by atoms with Gasteiger partial charge in [0, 0.05) is 38.8 Å². The number of carbonyl (C=O) groups is 2. The molecule has 0 aromatic rings. The Hall–Kier alpha value is -1.90. The molecule has 2 aliphatic heterocycles. The molecular weight excluding hydrogens is 270 g/mol. The Bertz CT molecular complexity index is 489. The van der Waals surface area contributed by atoms with Crippen LogP contribution in [-0.2, 0) is 9.59 Å². The highest BCUT2D eigenvalue weighted by Gasteiger charge is 2.40. The van der Waals surface area contributed by atoms with Crippen molar-refractivity contribution < 1.29 is 14.7 Å². The smallest absolute Gasteiger partial charge is 0.306 e. The Labute approximate surface area is 124 Å². The molecule has 0 aromatic carbocycles. The maximum Gasteiger partial charge on any atom is 0.306 e. The van der Waals surface area contributed by atoms with Gasteiger partial charge in [0.15, 0.2) is 5.66 Å². The van der Waals surface area contributed by atoms with Crippen molar-refractivity contribution in [3.8, 4) is 12.3 Å². The molecule has 6 heteroatoms. The Morgan fingerprint density at radius 2 is 2.14 bits per heavy atom. The summed E-state index contributed by atoms with van der Waals surface area (Å²) in [5, 5.41) is 17.1. The summed E-state index contributed by atoms with van der Waals surface area (Å²) in [5.41, 5.74) is -0.424. The molecule has 0 radical (unpaired) electrons. The molecule has 0 spiro atoms. The van der Waals surface area contributed by atoms with E-state index < -0.39 is 11.6 Å². The van der Waals surface area contributed by atoms with E-state index in [0.717, 1.165) is 0 Å². The van der Waals surface area contributed by atoms with Crippen LogP contribution in [0.15, 0.2) is 10.2 Å². The standard InChI is InChI=1S/C15H21N3O3/c1-3-4-7-15(16-17-15)8-5-13(19)18-9-6-12(14(20)21)11(2)10-18/h1,11-12H,4-10H2,2H3,(H,20,21)/t11-,12+/m1/s1. The summed E-state index contributed by atoms with van der Waals surface area (Å²) < 4.78 is 0. The highest BCUT2D eigenvalue weighted by Crippen LogP contribution is 2.38. The molecule has 1 N–H and O–H groups in total. The molecule has 0 bridgehead atoms. The third-order valence-electron chi connectivity index (χ3n) is 4.37. The Balaban J connectivity index is 1.77. The number of hydrogen-bond donors (Lipinski definition) is 1.